The molecule has 0 radical (unpaired) electrons. The first kappa shape index (κ1) is 15.2. The van der Waals surface area contributed by atoms with Crippen LogP contribution in [0, 0.1) is 11.3 Å². The highest BCUT2D eigenvalue weighted by atomic mass is 19.4. The Bertz CT molecular complexity index is 311. The molecule has 0 saturated carbocycles. The summed E-state index contributed by atoms with van der Waals surface area (Å²) in [4.78, 5) is 21.7. The topological polar surface area (TPSA) is 91.2 Å². The molecule has 0 aliphatic heterocycles. The van der Waals surface area contributed by atoms with E-state index in [1.165, 1.54) is 0 Å². The van der Waals surface area contributed by atoms with Gasteiger partial charge in [-0.05, 0) is 0 Å². The number of carbonyl (C=O) groups is 2. The van der Waals surface area contributed by atoms with Crippen molar-refractivity contribution in [1.82, 2.24) is 10.6 Å². The van der Waals surface area contributed by atoms with Gasteiger partial charge in [0.1, 0.15) is 13.2 Å². The van der Waals surface area contributed by atoms with Crippen molar-refractivity contribution in [2.45, 2.75) is 6.18 Å². The molecule has 0 atom stereocenters. The van der Waals surface area contributed by atoms with Gasteiger partial charge in [-0.25, -0.2) is 0 Å². The van der Waals surface area contributed by atoms with Crippen LogP contribution in [-0.4, -0.2) is 44.3 Å². The van der Waals surface area contributed by atoms with Gasteiger partial charge in [0.25, 0.3) is 0 Å². The van der Waals surface area contributed by atoms with Crippen LogP contribution >= 0.6 is 0 Å². The highest BCUT2D eigenvalue weighted by Gasteiger charge is 2.27. The standard InChI is InChI=1S/C8H10F3N3O3/c9-8(10,11)5-17-4-3-14-7(16)6(15)13-2-1-12/h2-5H2,(H,13,15)(H,14,16). The van der Waals surface area contributed by atoms with E-state index in [1.54, 1.807) is 6.07 Å². The molecule has 0 aromatic rings. The van der Waals surface area contributed by atoms with Crippen LogP contribution in [0.2, 0.25) is 0 Å². The van der Waals surface area contributed by atoms with Crippen molar-refractivity contribution < 1.29 is 27.5 Å². The third-order valence-electron chi connectivity index (χ3n) is 1.33. The fourth-order valence-corrected chi connectivity index (χ4v) is 0.705. The van der Waals surface area contributed by atoms with Crippen molar-refractivity contribution in [1.29, 1.82) is 5.26 Å². The SMILES string of the molecule is N#CCNC(=O)C(=O)NCCOCC(F)(F)F. The Morgan fingerprint density at radius 2 is 1.82 bits per heavy atom. The molecule has 6 nitrogen and oxygen atoms in total. The van der Waals surface area contributed by atoms with Crippen molar-refractivity contribution in [3.8, 4) is 6.07 Å². The number of ether oxygens (including phenoxy) is 1. The van der Waals surface area contributed by atoms with Crippen molar-refractivity contribution >= 4 is 11.8 Å². The summed E-state index contributed by atoms with van der Waals surface area (Å²) >= 11 is 0. The Hall–Kier alpha value is -1.82. The van der Waals surface area contributed by atoms with Crippen molar-refractivity contribution in [2.24, 2.45) is 0 Å². The summed E-state index contributed by atoms with van der Waals surface area (Å²) in [7, 11) is 0. The second-order valence-corrected chi connectivity index (χ2v) is 2.76. The minimum Gasteiger partial charge on any atom is -0.370 e. The van der Waals surface area contributed by atoms with Gasteiger partial charge in [-0.1, -0.05) is 0 Å². The van der Waals surface area contributed by atoms with E-state index in [9.17, 15) is 22.8 Å². The van der Waals surface area contributed by atoms with E-state index in [2.05, 4.69) is 4.74 Å². The Balaban J connectivity index is 3.59. The number of amides is 2. The molecule has 2 N–H and O–H groups in total. The summed E-state index contributed by atoms with van der Waals surface area (Å²) in [5.41, 5.74) is 0. The molecule has 96 valence electrons. The van der Waals surface area contributed by atoms with Gasteiger partial charge in [-0.2, -0.15) is 18.4 Å². The smallest absolute Gasteiger partial charge is 0.370 e. The summed E-state index contributed by atoms with van der Waals surface area (Å²) in [6.45, 7) is -2.33. The maximum atomic E-state index is 11.6. The van der Waals surface area contributed by atoms with Crippen LogP contribution in [0.3, 0.4) is 0 Å². The molecule has 0 bridgehead atoms. The number of alkyl halides is 3. The number of nitrogens with one attached hydrogen (secondary N) is 2. The Kier molecular flexibility index (Phi) is 6.65. The van der Waals surface area contributed by atoms with Crippen LogP contribution < -0.4 is 10.6 Å². The van der Waals surface area contributed by atoms with Gasteiger partial charge in [0.2, 0.25) is 0 Å². The normalized spacial score (nSPS) is 10.5. The molecule has 0 aliphatic rings. The molecule has 0 saturated heterocycles. The lowest BCUT2D eigenvalue weighted by Crippen LogP contribution is -2.41. The summed E-state index contributed by atoms with van der Waals surface area (Å²) in [6.07, 6.45) is -4.42. The van der Waals surface area contributed by atoms with Crippen LogP contribution in [0.4, 0.5) is 13.2 Å². The van der Waals surface area contributed by atoms with Gasteiger partial charge >= 0.3 is 18.0 Å². The van der Waals surface area contributed by atoms with Gasteiger partial charge in [0.05, 0.1) is 12.7 Å². The van der Waals surface area contributed by atoms with Crippen LogP contribution in [-0.2, 0) is 14.3 Å². The van der Waals surface area contributed by atoms with E-state index in [1.807, 2.05) is 10.6 Å². The third kappa shape index (κ3) is 9.13. The summed E-state index contributed by atoms with van der Waals surface area (Å²) in [5.74, 6) is -2.06. The van der Waals surface area contributed by atoms with Gasteiger partial charge in [-0.3, -0.25) is 9.59 Å². The second-order valence-electron chi connectivity index (χ2n) is 2.76. The molecule has 0 heterocycles. The minimum absolute atomic E-state index is 0.227. The van der Waals surface area contributed by atoms with Crippen molar-refractivity contribution in [3.05, 3.63) is 0 Å². The lowest BCUT2D eigenvalue weighted by molar-refractivity contribution is -0.173. The molecule has 0 unspecified atom stereocenters. The lowest BCUT2D eigenvalue weighted by atomic mass is 10.5. The van der Waals surface area contributed by atoms with E-state index in [0.717, 1.165) is 0 Å². The molecule has 0 aliphatic carbocycles. The van der Waals surface area contributed by atoms with Gasteiger partial charge in [0.15, 0.2) is 0 Å². The number of hydrogen-bond acceptors (Lipinski definition) is 4. The number of rotatable bonds is 5. The second kappa shape index (κ2) is 7.45. The first-order valence-corrected chi connectivity index (χ1v) is 4.44. The summed E-state index contributed by atoms with van der Waals surface area (Å²) < 4.78 is 39.0. The zero-order valence-electron chi connectivity index (χ0n) is 8.63. The number of halogens is 3. The summed E-state index contributed by atoms with van der Waals surface area (Å²) in [5, 5.41) is 12.1. The average molecular weight is 253 g/mol. The molecule has 2 amide bonds. The molecule has 0 aromatic heterocycles. The number of hydrogen-bond donors (Lipinski definition) is 2. The average Bonchev–Trinajstić information content (AvgIpc) is 2.23. The van der Waals surface area contributed by atoms with E-state index < -0.39 is 24.6 Å². The first-order chi connectivity index (χ1) is 7.87. The molecule has 0 fully saturated rings. The monoisotopic (exact) mass is 253 g/mol. The van der Waals surface area contributed by atoms with Gasteiger partial charge in [0, 0.05) is 6.54 Å². The summed E-state index contributed by atoms with van der Waals surface area (Å²) in [6, 6.07) is 1.58. The van der Waals surface area contributed by atoms with E-state index in [0.29, 0.717) is 0 Å². The maximum absolute atomic E-state index is 11.6. The lowest BCUT2D eigenvalue weighted by Gasteiger charge is -2.08. The maximum Gasteiger partial charge on any atom is 0.411 e. The van der Waals surface area contributed by atoms with Gasteiger partial charge < -0.3 is 15.4 Å². The molecular formula is C8H10F3N3O3. The van der Waals surface area contributed by atoms with Crippen LogP contribution in [0.1, 0.15) is 0 Å². The molecule has 9 heteroatoms. The Morgan fingerprint density at radius 1 is 1.24 bits per heavy atom. The number of nitrogens with zero attached hydrogens (tertiary/aromatic N) is 1. The van der Waals surface area contributed by atoms with Crippen LogP contribution in [0.15, 0.2) is 0 Å². The highest BCUT2D eigenvalue weighted by molar-refractivity contribution is 6.35. The fourth-order valence-electron chi connectivity index (χ4n) is 0.705. The predicted octanol–water partition coefficient (Wildman–Crippen LogP) is -0.679. The van der Waals surface area contributed by atoms with E-state index >= 15 is 0 Å². The first-order valence-electron chi connectivity index (χ1n) is 4.44. The van der Waals surface area contributed by atoms with Gasteiger partial charge in [-0.15, -0.1) is 0 Å². The van der Waals surface area contributed by atoms with Crippen LogP contribution in [0.25, 0.3) is 0 Å². The molecule has 0 spiro atoms. The third-order valence-corrected chi connectivity index (χ3v) is 1.33. The number of carbonyl (C=O) groups excluding carboxylic acids is 2. The minimum atomic E-state index is -4.42. The molecule has 0 rings (SSSR count). The molecule has 17 heavy (non-hydrogen) atoms. The number of nitriles is 1. The largest absolute Gasteiger partial charge is 0.411 e. The fraction of sp³-hybridized carbons (Fsp3) is 0.625. The molecule has 0 aromatic carbocycles. The van der Waals surface area contributed by atoms with Crippen molar-refractivity contribution in [2.75, 3.05) is 26.3 Å². The zero-order valence-corrected chi connectivity index (χ0v) is 8.63. The van der Waals surface area contributed by atoms with E-state index in [-0.39, 0.29) is 19.7 Å². The quantitative estimate of drug-likeness (QED) is 0.386. The van der Waals surface area contributed by atoms with Crippen LogP contribution in [0.5, 0.6) is 0 Å². The van der Waals surface area contributed by atoms with E-state index in [4.69, 9.17) is 5.26 Å². The van der Waals surface area contributed by atoms with Crippen molar-refractivity contribution in [3.63, 3.8) is 0 Å². The molecular weight excluding hydrogens is 243 g/mol. The Labute approximate surface area is 94.7 Å². The predicted molar refractivity (Wildman–Crippen MR) is 48.5 cm³/mol. The zero-order chi connectivity index (χ0) is 13.3. The Morgan fingerprint density at radius 3 is 2.35 bits per heavy atom. The highest BCUT2D eigenvalue weighted by Crippen LogP contribution is 2.13.